The summed E-state index contributed by atoms with van der Waals surface area (Å²) < 4.78 is 46.8. The van der Waals surface area contributed by atoms with E-state index in [1.807, 2.05) is 36.4 Å². The molecule has 5 rings (SSSR count). The Kier molecular flexibility index (Phi) is 11.7. The number of anilines is 1. The summed E-state index contributed by atoms with van der Waals surface area (Å²) in [6, 6.07) is 18.6. The molecule has 1 fully saturated rings. The Morgan fingerprint density at radius 3 is 2.25 bits per heavy atom. The van der Waals surface area contributed by atoms with Crippen LogP contribution in [-0.2, 0) is 31.9 Å². The summed E-state index contributed by atoms with van der Waals surface area (Å²) in [6.45, 7) is 3.85. The van der Waals surface area contributed by atoms with Crippen molar-refractivity contribution >= 4 is 29.9 Å². The fraction of sp³-hybridized carbons (Fsp3) is 0.361. The van der Waals surface area contributed by atoms with Crippen molar-refractivity contribution in [2.24, 2.45) is 10.7 Å². The van der Waals surface area contributed by atoms with Crippen LogP contribution in [-0.4, -0.2) is 89.8 Å². The normalized spacial score (nSPS) is 16.3. The molecule has 3 aromatic rings. The first-order valence-corrected chi connectivity index (χ1v) is 16.4. The number of nitrogens with two attached hydrogens (primary N) is 1. The van der Waals surface area contributed by atoms with Gasteiger partial charge in [-0.25, -0.2) is 4.98 Å². The van der Waals surface area contributed by atoms with Crippen LogP contribution in [0.25, 0.3) is 0 Å². The third-order valence-electron chi connectivity index (χ3n) is 8.30. The van der Waals surface area contributed by atoms with Crippen molar-refractivity contribution in [1.29, 1.82) is 0 Å². The van der Waals surface area contributed by atoms with Crippen LogP contribution in [0.15, 0.2) is 95.9 Å². The summed E-state index contributed by atoms with van der Waals surface area (Å²) in [5, 5.41) is 5.49. The Morgan fingerprint density at radius 1 is 0.941 bits per heavy atom. The van der Waals surface area contributed by atoms with Crippen LogP contribution in [0.1, 0.15) is 36.6 Å². The molecule has 0 saturated carbocycles. The fourth-order valence-electron chi connectivity index (χ4n) is 5.60. The second kappa shape index (κ2) is 16.2. The van der Waals surface area contributed by atoms with Crippen LogP contribution in [0.2, 0.25) is 0 Å². The number of aliphatic imine (C=N–C) groups is 1. The molecule has 15 heteroatoms. The summed E-state index contributed by atoms with van der Waals surface area (Å²) in [6.07, 6.45) is -0.135. The van der Waals surface area contributed by atoms with E-state index in [0.717, 1.165) is 11.6 Å². The number of benzene rings is 2. The Labute approximate surface area is 294 Å². The standard InChI is InChI=1S/C36H41F3N8O4/c1-35(2,40)34(50)44-29(23-51-22-25-10-5-3-6-11-25)32(48)43-27-20-41-24-47(21-27)30(26-12-7-4-8-13-26)33(49)46-18-16-45(17-19-46)31-28(36(37,38)39)14-9-15-42-31/h3-15,21,24,29-30H,16-20,22-23,40H2,1-2H3,(H,43,48)(H,44,50). The first-order valence-electron chi connectivity index (χ1n) is 16.4. The molecule has 0 aliphatic carbocycles. The number of hydrogen-bond acceptors (Lipinski definition) is 9. The second-order valence-electron chi connectivity index (χ2n) is 12.8. The van der Waals surface area contributed by atoms with E-state index in [-0.39, 0.29) is 57.7 Å². The van der Waals surface area contributed by atoms with E-state index in [1.54, 1.807) is 40.3 Å². The number of carbonyl (C=O) groups excluding carboxylic acids is 3. The predicted molar refractivity (Wildman–Crippen MR) is 185 cm³/mol. The number of amides is 3. The van der Waals surface area contributed by atoms with Gasteiger partial charge in [0.2, 0.25) is 17.7 Å². The lowest BCUT2D eigenvalue weighted by Crippen LogP contribution is -2.57. The minimum Gasteiger partial charge on any atom is -0.374 e. The van der Waals surface area contributed by atoms with Gasteiger partial charge in [0.15, 0.2) is 0 Å². The van der Waals surface area contributed by atoms with Crippen LogP contribution in [0.4, 0.5) is 19.0 Å². The molecule has 2 aliphatic heterocycles. The van der Waals surface area contributed by atoms with Crippen LogP contribution < -0.4 is 21.3 Å². The Hall–Kier alpha value is -5.28. The van der Waals surface area contributed by atoms with Crippen molar-refractivity contribution in [2.45, 2.75) is 44.3 Å². The van der Waals surface area contributed by atoms with Gasteiger partial charge in [-0.05, 0) is 37.1 Å². The summed E-state index contributed by atoms with van der Waals surface area (Å²) in [5.41, 5.74) is 5.80. The van der Waals surface area contributed by atoms with Crippen LogP contribution in [0.3, 0.4) is 0 Å². The van der Waals surface area contributed by atoms with Gasteiger partial charge in [-0.15, -0.1) is 0 Å². The van der Waals surface area contributed by atoms with E-state index >= 15 is 0 Å². The zero-order valence-electron chi connectivity index (χ0n) is 28.3. The number of ether oxygens (including phenoxy) is 1. The van der Waals surface area contributed by atoms with Gasteiger partial charge >= 0.3 is 6.18 Å². The highest BCUT2D eigenvalue weighted by atomic mass is 19.4. The topological polar surface area (TPSA) is 145 Å². The number of nitrogens with one attached hydrogen (secondary N) is 2. The van der Waals surface area contributed by atoms with E-state index in [9.17, 15) is 27.6 Å². The molecule has 1 saturated heterocycles. The van der Waals surface area contributed by atoms with Crippen molar-refractivity contribution in [1.82, 2.24) is 25.4 Å². The summed E-state index contributed by atoms with van der Waals surface area (Å²) in [7, 11) is 0. The highest BCUT2D eigenvalue weighted by Crippen LogP contribution is 2.35. The lowest BCUT2D eigenvalue weighted by Gasteiger charge is -2.39. The molecule has 3 heterocycles. The third kappa shape index (κ3) is 9.70. The van der Waals surface area contributed by atoms with Gasteiger partial charge in [0.1, 0.15) is 17.9 Å². The van der Waals surface area contributed by atoms with Crippen molar-refractivity contribution in [3.8, 4) is 0 Å². The van der Waals surface area contributed by atoms with E-state index in [4.69, 9.17) is 10.5 Å². The number of hydrogen-bond donors (Lipinski definition) is 3. The number of carbonyl (C=O) groups is 3. The quantitative estimate of drug-likeness (QED) is 0.261. The zero-order chi connectivity index (χ0) is 36.6. The number of piperazine rings is 1. The monoisotopic (exact) mass is 706 g/mol. The summed E-state index contributed by atoms with van der Waals surface area (Å²) >= 11 is 0. The lowest BCUT2D eigenvalue weighted by molar-refractivity contribution is -0.138. The van der Waals surface area contributed by atoms with Gasteiger partial charge in [0, 0.05) is 38.6 Å². The zero-order valence-corrected chi connectivity index (χ0v) is 28.3. The van der Waals surface area contributed by atoms with E-state index < -0.39 is 41.2 Å². The molecule has 2 atom stereocenters. The molecule has 270 valence electrons. The predicted octanol–water partition coefficient (Wildman–Crippen LogP) is 3.23. The minimum atomic E-state index is -4.57. The number of alkyl halides is 3. The maximum Gasteiger partial charge on any atom is 0.419 e. The molecule has 0 spiro atoms. The molecule has 0 radical (unpaired) electrons. The fourth-order valence-corrected chi connectivity index (χ4v) is 5.60. The summed E-state index contributed by atoms with van der Waals surface area (Å²) in [5.74, 6) is -1.57. The molecule has 12 nitrogen and oxygen atoms in total. The number of aromatic nitrogens is 1. The van der Waals surface area contributed by atoms with Crippen molar-refractivity contribution < 1.29 is 32.3 Å². The van der Waals surface area contributed by atoms with Crippen LogP contribution in [0.5, 0.6) is 0 Å². The minimum absolute atomic E-state index is 0.0934. The average Bonchev–Trinajstić information content (AvgIpc) is 3.11. The second-order valence-corrected chi connectivity index (χ2v) is 12.8. The van der Waals surface area contributed by atoms with E-state index in [0.29, 0.717) is 11.3 Å². The van der Waals surface area contributed by atoms with Crippen molar-refractivity contribution in [2.75, 3.05) is 44.2 Å². The lowest BCUT2D eigenvalue weighted by atomic mass is 10.0. The third-order valence-corrected chi connectivity index (χ3v) is 8.30. The van der Waals surface area contributed by atoms with Gasteiger partial charge < -0.3 is 35.8 Å². The molecule has 3 amide bonds. The van der Waals surface area contributed by atoms with Crippen LogP contribution >= 0.6 is 0 Å². The smallest absolute Gasteiger partial charge is 0.374 e. The molecule has 2 unspecified atom stereocenters. The maximum absolute atomic E-state index is 14.2. The Balaban J connectivity index is 1.30. The van der Waals surface area contributed by atoms with Gasteiger partial charge in [-0.1, -0.05) is 60.7 Å². The molecular formula is C36H41F3N8O4. The van der Waals surface area contributed by atoms with Crippen LogP contribution in [0, 0.1) is 0 Å². The van der Waals surface area contributed by atoms with Gasteiger partial charge in [-0.2, -0.15) is 13.2 Å². The van der Waals surface area contributed by atoms with E-state index in [1.165, 1.54) is 37.3 Å². The molecule has 51 heavy (non-hydrogen) atoms. The molecule has 4 N–H and O–H groups in total. The highest BCUT2D eigenvalue weighted by Gasteiger charge is 2.38. The molecule has 0 bridgehead atoms. The first kappa shape index (κ1) is 37.0. The molecular weight excluding hydrogens is 665 g/mol. The molecule has 2 aromatic carbocycles. The van der Waals surface area contributed by atoms with Gasteiger partial charge in [-0.3, -0.25) is 19.4 Å². The summed E-state index contributed by atoms with van der Waals surface area (Å²) in [4.78, 5) is 53.6. The molecule has 1 aromatic heterocycles. The number of halogens is 3. The number of pyridine rings is 1. The molecule has 2 aliphatic rings. The Bertz CT molecular complexity index is 1720. The van der Waals surface area contributed by atoms with Crippen molar-refractivity contribution in [3.05, 3.63) is 108 Å². The van der Waals surface area contributed by atoms with Crippen molar-refractivity contribution in [3.63, 3.8) is 0 Å². The highest BCUT2D eigenvalue weighted by molar-refractivity contribution is 5.92. The maximum atomic E-state index is 14.2. The number of rotatable bonds is 12. The largest absolute Gasteiger partial charge is 0.419 e. The van der Waals surface area contributed by atoms with Gasteiger partial charge in [0.05, 0.1) is 42.9 Å². The average molecular weight is 707 g/mol. The first-order chi connectivity index (χ1) is 24.3. The Morgan fingerprint density at radius 2 is 1.61 bits per heavy atom. The van der Waals surface area contributed by atoms with E-state index in [2.05, 4.69) is 20.6 Å². The van der Waals surface area contributed by atoms with Gasteiger partial charge in [0.25, 0.3) is 0 Å². The number of nitrogens with zero attached hydrogens (tertiary/aromatic N) is 5. The SMILES string of the molecule is CC(C)(N)C(=O)NC(COCc1ccccc1)C(=O)NC1=CN(C(C(=O)N2CCN(c3ncccc3C(F)(F)F)CC2)c2ccccc2)C=NC1.